The number of aromatic nitrogens is 4. The third kappa shape index (κ3) is 3.03. The van der Waals surface area contributed by atoms with Crippen LogP contribution < -0.4 is 5.73 Å². The number of halogens is 4. The highest BCUT2D eigenvalue weighted by molar-refractivity contribution is 6.31. The lowest BCUT2D eigenvalue weighted by molar-refractivity contribution is -0.118. The van der Waals surface area contributed by atoms with Gasteiger partial charge in [0.15, 0.2) is 11.5 Å². The highest BCUT2D eigenvalue weighted by Gasteiger charge is 2.52. The van der Waals surface area contributed by atoms with E-state index in [1.807, 2.05) is 0 Å². The molecule has 1 saturated carbocycles. The number of nitrogens with zero attached hydrogens (tertiary/aromatic N) is 4. The molecule has 2 N–H and O–H groups in total. The van der Waals surface area contributed by atoms with Gasteiger partial charge in [-0.05, 0) is 31.0 Å². The maximum atomic E-state index is 14.4. The molecular weight excluding hydrogens is 399 g/mol. The molecule has 1 amide bonds. The van der Waals surface area contributed by atoms with Gasteiger partial charge in [0.25, 0.3) is 12.3 Å². The molecule has 0 aliphatic heterocycles. The molecule has 1 aliphatic rings. The highest BCUT2D eigenvalue weighted by atomic mass is 35.5. The van der Waals surface area contributed by atoms with E-state index in [9.17, 15) is 18.0 Å². The average molecular weight is 412 g/mol. The van der Waals surface area contributed by atoms with Crippen LogP contribution in [0.4, 0.5) is 13.2 Å². The minimum absolute atomic E-state index is 0.0364. The lowest BCUT2D eigenvalue weighted by Gasteiger charge is -2.13. The van der Waals surface area contributed by atoms with Gasteiger partial charge in [-0.2, -0.15) is 10.1 Å². The van der Waals surface area contributed by atoms with Crippen molar-refractivity contribution in [3.8, 4) is 11.6 Å². The second-order valence-corrected chi connectivity index (χ2v) is 6.89. The van der Waals surface area contributed by atoms with Crippen molar-refractivity contribution < 1.29 is 22.5 Å². The molecule has 7 nitrogen and oxygen atoms in total. The number of carbonyl (C=O) groups excluding carboxylic acids is 1. The van der Waals surface area contributed by atoms with Crippen LogP contribution in [-0.4, -0.2) is 25.8 Å². The summed E-state index contributed by atoms with van der Waals surface area (Å²) in [6.45, 7) is -0.518. The van der Waals surface area contributed by atoms with Crippen molar-refractivity contribution >= 4 is 17.5 Å². The summed E-state index contributed by atoms with van der Waals surface area (Å²) in [5, 5.41) is 8.04. The van der Waals surface area contributed by atoms with Gasteiger partial charge in [-0.1, -0.05) is 22.8 Å². The van der Waals surface area contributed by atoms with E-state index in [1.54, 1.807) is 6.07 Å². The standard InChI is InChI=1S/C17H13ClF3N5O2/c18-8-2-1-3-9(19)13(8)17(4-5-17)16-23-15(28-25-16)10-6-11(14(20)21)26(24-10)7-12(22)27/h1-3,6,14H,4-5,7H2,(H2,22,27). The summed E-state index contributed by atoms with van der Waals surface area (Å²) in [6.07, 6.45) is -1.76. The highest BCUT2D eigenvalue weighted by Crippen LogP contribution is 2.55. The van der Waals surface area contributed by atoms with Crippen LogP contribution in [0.2, 0.25) is 5.02 Å². The number of hydrogen-bond donors (Lipinski definition) is 1. The summed E-state index contributed by atoms with van der Waals surface area (Å²) < 4.78 is 46.7. The van der Waals surface area contributed by atoms with Crippen molar-refractivity contribution in [3.63, 3.8) is 0 Å². The Hall–Kier alpha value is -2.88. The predicted octanol–water partition coefficient (Wildman–Crippen LogP) is 3.23. The number of primary amides is 1. The summed E-state index contributed by atoms with van der Waals surface area (Å²) in [5.41, 5.74) is 3.96. The maximum absolute atomic E-state index is 14.4. The zero-order valence-electron chi connectivity index (χ0n) is 14.2. The summed E-state index contributed by atoms with van der Waals surface area (Å²) in [6, 6.07) is 5.40. The Kier molecular flexibility index (Phi) is 4.37. The van der Waals surface area contributed by atoms with Crippen LogP contribution in [0.5, 0.6) is 0 Å². The van der Waals surface area contributed by atoms with E-state index in [0.717, 1.165) is 10.7 Å². The molecule has 2 heterocycles. The Morgan fingerprint density at radius 1 is 1.39 bits per heavy atom. The van der Waals surface area contributed by atoms with Gasteiger partial charge in [0.2, 0.25) is 5.91 Å². The lowest BCUT2D eigenvalue weighted by atomic mass is 9.94. The fraction of sp³-hybridized carbons (Fsp3) is 0.294. The van der Waals surface area contributed by atoms with Crippen LogP contribution in [0, 0.1) is 5.82 Å². The third-order valence-electron chi connectivity index (χ3n) is 4.60. The quantitative estimate of drug-likeness (QED) is 0.671. The molecule has 0 spiro atoms. The van der Waals surface area contributed by atoms with Gasteiger partial charge in [-0.15, -0.1) is 0 Å². The maximum Gasteiger partial charge on any atom is 0.280 e. The fourth-order valence-electron chi connectivity index (χ4n) is 3.17. The van der Waals surface area contributed by atoms with Gasteiger partial charge in [-0.3, -0.25) is 9.48 Å². The van der Waals surface area contributed by atoms with Crippen molar-refractivity contribution in [2.24, 2.45) is 5.73 Å². The number of hydrogen-bond acceptors (Lipinski definition) is 5. The van der Waals surface area contributed by atoms with Crippen LogP contribution in [0.3, 0.4) is 0 Å². The predicted molar refractivity (Wildman–Crippen MR) is 91.1 cm³/mol. The van der Waals surface area contributed by atoms with Gasteiger partial charge < -0.3 is 10.3 Å². The Bertz CT molecular complexity index is 1040. The largest absolute Gasteiger partial charge is 0.368 e. The van der Waals surface area contributed by atoms with E-state index >= 15 is 0 Å². The molecule has 0 unspecified atom stereocenters. The first-order valence-corrected chi connectivity index (χ1v) is 8.63. The molecule has 1 aliphatic carbocycles. The molecule has 1 fully saturated rings. The van der Waals surface area contributed by atoms with E-state index in [4.69, 9.17) is 21.9 Å². The van der Waals surface area contributed by atoms with Crippen LogP contribution in [-0.2, 0) is 16.8 Å². The average Bonchev–Trinajstić information content (AvgIpc) is 3.06. The topological polar surface area (TPSA) is 99.8 Å². The number of alkyl halides is 2. The number of rotatable bonds is 6. The third-order valence-corrected chi connectivity index (χ3v) is 4.92. The molecule has 0 saturated heterocycles. The van der Waals surface area contributed by atoms with Crippen molar-refractivity contribution in [1.82, 2.24) is 19.9 Å². The Balaban J connectivity index is 1.72. The summed E-state index contributed by atoms with van der Waals surface area (Å²) in [5.74, 6) is -1.24. The number of nitrogens with two attached hydrogens (primary N) is 1. The first-order chi connectivity index (χ1) is 13.3. The molecule has 0 radical (unpaired) electrons. The Labute approximate surface area is 161 Å². The number of benzene rings is 1. The molecule has 1 aromatic carbocycles. The van der Waals surface area contributed by atoms with Crippen molar-refractivity contribution in [2.45, 2.75) is 31.2 Å². The Morgan fingerprint density at radius 2 is 2.14 bits per heavy atom. The summed E-state index contributed by atoms with van der Waals surface area (Å²) >= 11 is 6.17. The zero-order chi connectivity index (χ0) is 20.1. The second kappa shape index (κ2) is 6.62. The molecule has 4 rings (SSSR count). The van der Waals surface area contributed by atoms with Crippen LogP contribution in [0.25, 0.3) is 11.6 Å². The number of carbonyl (C=O) groups is 1. The minimum Gasteiger partial charge on any atom is -0.368 e. The molecule has 11 heteroatoms. The molecular formula is C17H13ClF3N5O2. The van der Waals surface area contributed by atoms with Gasteiger partial charge in [0.05, 0.1) is 5.41 Å². The SMILES string of the molecule is NC(=O)Cn1nc(-c2nc(C3(c4c(F)cccc4Cl)CC3)no2)cc1C(F)F. The van der Waals surface area contributed by atoms with Crippen molar-refractivity contribution in [1.29, 1.82) is 0 Å². The first-order valence-electron chi connectivity index (χ1n) is 8.25. The number of amides is 1. The van der Waals surface area contributed by atoms with Gasteiger partial charge in [-0.25, -0.2) is 13.2 Å². The van der Waals surface area contributed by atoms with Crippen LogP contribution in [0.1, 0.15) is 36.3 Å². The normalized spacial score (nSPS) is 15.2. The molecule has 28 heavy (non-hydrogen) atoms. The van der Waals surface area contributed by atoms with Gasteiger partial charge in [0.1, 0.15) is 18.1 Å². The minimum atomic E-state index is -2.88. The van der Waals surface area contributed by atoms with Crippen LogP contribution in [0.15, 0.2) is 28.8 Å². The van der Waals surface area contributed by atoms with E-state index in [-0.39, 0.29) is 28.0 Å². The van der Waals surface area contributed by atoms with E-state index in [1.165, 1.54) is 12.1 Å². The van der Waals surface area contributed by atoms with Gasteiger partial charge >= 0.3 is 0 Å². The van der Waals surface area contributed by atoms with E-state index in [0.29, 0.717) is 12.8 Å². The molecule has 0 atom stereocenters. The fourth-order valence-corrected chi connectivity index (χ4v) is 3.52. The molecule has 146 valence electrons. The zero-order valence-corrected chi connectivity index (χ0v) is 15.0. The summed E-state index contributed by atoms with van der Waals surface area (Å²) in [4.78, 5) is 15.3. The molecule has 2 aromatic heterocycles. The smallest absolute Gasteiger partial charge is 0.280 e. The van der Waals surface area contributed by atoms with E-state index in [2.05, 4.69) is 15.2 Å². The second-order valence-electron chi connectivity index (χ2n) is 6.48. The lowest BCUT2D eigenvalue weighted by Crippen LogP contribution is -2.21. The Morgan fingerprint density at radius 3 is 2.75 bits per heavy atom. The molecule has 0 bridgehead atoms. The van der Waals surface area contributed by atoms with E-state index < -0.39 is 35.8 Å². The molecule has 3 aromatic rings. The first kappa shape index (κ1) is 18.5. The van der Waals surface area contributed by atoms with Crippen molar-refractivity contribution in [2.75, 3.05) is 0 Å². The summed E-state index contributed by atoms with van der Waals surface area (Å²) in [7, 11) is 0. The van der Waals surface area contributed by atoms with Crippen molar-refractivity contribution in [3.05, 3.63) is 52.2 Å². The van der Waals surface area contributed by atoms with Crippen LogP contribution >= 0.6 is 11.6 Å². The monoisotopic (exact) mass is 411 g/mol. The van der Waals surface area contributed by atoms with Gasteiger partial charge in [0, 0.05) is 10.6 Å².